The van der Waals surface area contributed by atoms with Gasteiger partial charge < -0.3 is 4.74 Å². The van der Waals surface area contributed by atoms with Crippen LogP contribution in [0.4, 0.5) is 5.13 Å². The molecule has 3 aromatic heterocycles. The number of thiazole rings is 2. The summed E-state index contributed by atoms with van der Waals surface area (Å²) in [4.78, 5) is 27.7. The number of ether oxygens (including phenoxy) is 1. The van der Waals surface area contributed by atoms with Crippen LogP contribution < -0.4 is 10.1 Å². The number of nitrogens with one attached hydrogen (secondary N) is 1. The van der Waals surface area contributed by atoms with Crippen molar-refractivity contribution < 1.29 is 9.53 Å². The molecule has 0 fully saturated rings. The molecule has 0 aliphatic carbocycles. The molecule has 0 saturated heterocycles. The minimum atomic E-state index is -0.267. The molecule has 5 aromatic rings. The molecule has 0 atom stereocenters. The Kier molecular flexibility index (Phi) is 5.55. The van der Waals surface area contributed by atoms with Crippen molar-refractivity contribution >= 4 is 54.8 Å². The summed E-state index contributed by atoms with van der Waals surface area (Å²) in [5.41, 5.74) is 2.96. The lowest BCUT2D eigenvalue weighted by Crippen LogP contribution is -2.13. The van der Waals surface area contributed by atoms with Gasteiger partial charge in [-0.05, 0) is 31.0 Å². The van der Waals surface area contributed by atoms with E-state index in [1.54, 1.807) is 6.20 Å². The van der Waals surface area contributed by atoms with Crippen molar-refractivity contribution in [2.75, 3.05) is 11.9 Å². The molecule has 32 heavy (non-hydrogen) atoms. The van der Waals surface area contributed by atoms with Crippen LogP contribution in [0.15, 0.2) is 54.7 Å². The van der Waals surface area contributed by atoms with E-state index in [1.165, 1.54) is 22.7 Å². The predicted molar refractivity (Wildman–Crippen MR) is 131 cm³/mol. The molecular formula is C24H20N4O2S2. The number of benzene rings is 2. The molecule has 1 amide bonds. The molecule has 0 aliphatic heterocycles. The van der Waals surface area contributed by atoms with Crippen LogP contribution in [0, 0.1) is 6.92 Å². The first-order valence-electron chi connectivity index (χ1n) is 10.3. The normalized spacial score (nSPS) is 11.2. The smallest absolute Gasteiger partial charge is 0.277 e. The maximum Gasteiger partial charge on any atom is 0.277 e. The Hall–Kier alpha value is -3.36. The fourth-order valence-corrected chi connectivity index (χ4v) is 5.33. The van der Waals surface area contributed by atoms with Crippen molar-refractivity contribution in [3.8, 4) is 16.2 Å². The summed E-state index contributed by atoms with van der Waals surface area (Å²) in [6.45, 7) is 4.59. The molecule has 8 heteroatoms. The van der Waals surface area contributed by atoms with Gasteiger partial charge in [0.15, 0.2) is 5.13 Å². The van der Waals surface area contributed by atoms with Gasteiger partial charge in [0.25, 0.3) is 5.91 Å². The van der Waals surface area contributed by atoms with E-state index < -0.39 is 0 Å². The number of pyridine rings is 1. The van der Waals surface area contributed by atoms with Gasteiger partial charge in [0.05, 0.1) is 26.7 Å². The van der Waals surface area contributed by atoms with E-state index in [1.807, 2.05) is 55.5 Å². The Morgan fingerprint density at radius 3 is 2.72 bits per heavy atom. The van der Waals surface area contributed by atoms with E-state index in [0.717, 1.165) is 48.7 Å². The minimum Gasteiger partial charge on any atom is -0.491 e. The van der Waals surface area contributed by atoms with Gasteiger partial charge in [0.1, 0.15) is 17.0 Å². The first kappa shape index (κ1) is 20.5. The zero-order valence-corrected chi connectivity index (χ0v) is 19.2. The summed E-state index contributed by atoms with van der Waals surface area (Å²) in [6, 6.07) is 15.6. The lowest BCUT2D eigenvalue weighted by Gasteiger charge is -2.07. The van der Waals surface area contributed by atoms with Crippen LogP contribution >= 0.6 is 22.7 Å². The van der Waals surface area contributed by atoms with Gasteiger partial charge in [0.2, 0.25) is 0 Å². The van der Waals surface area contributed by atoms with Crippen molar-refractivity contribution in [1.82, 2.24) is 15.0 Å². The first-order valence-corrected chi connectivity index (χ1v) is 11.9. The third kappa shape index (κ3) is 3.83. The standard InChI is InChI=1S/C24H20N4O2S2/c1-3-12-30-17-13-18-20(16-10-7-11-25-19(16)17)27-24(32-18)28-23(29)21-22(31-14(2)26-21)15-8-5-4-6-9-15/h4-11,13H,3,12H2,1-2H3,(H,27,28,29). The zero-order valence-electron chi connectivity index (χ0n) is 17.6. The largest absolute Gasteiger partial charge is 0.491 e. The van der Waals surface area contributed by atoms with Crippen LogP contribution in [0.2, 0.25) is 0 Å². The van der Waals surface area contributed by atoms with E-state index in [0.29, 0.717) is 17.4 Å². The molecule has 0 bridgehead atoms. The number of aromatic nitrogens is 3. The Morgan fingerprint density at radius 1 is 1.06 bits per heavy atom. The van der Waals surface area contributed by atoms with Crippen molar-refractivity contribution in [3.05, 3.63) is 65.4 Å². The fraction of sp³-hybridized carbons (Fsp3) is 0.167. The lowest BCUT2D eigenvalue weighted by atomic mass is 10.1. The highest BCUT2D eigenvalue weighted by molar-refractivity contribution is 7.22. The highest BCUT2D eigenvalue weighted by Crippen LogP contribution is 2.37. The highest BCUT2D eigenvalue weighted by atomic mass is 32.1. The Labute approximate surface area is 192 Å². The number of fused-ring (bicyclic) bond motifs is 3. The third-order valence-electron chi connectivity index (χ3n) is 4.88. The number of carbonyl (C=O) groups is 1. The van der Waals surface area contributed by atoms with E-state index >= 15 is 0 Å². The second-order valence-corrected chi connectivity index (χ2v) is 9.45. The summed E-state index contributed by atoms with van der Waals surface area (Å²) < 4.78 is 6.86. The quantitative estimate of drug-likeness (QED) is 0.321. The van der Waals surface area contributed by atoms with Gasteiger partial charge in [-0.3, -0.25) is 15.1 Å². The minimum absolute atomic E-state index is 0.267. The Balaban J connectivity index is 1.52. The average molecular weight is 461 g/mol. The molecule has 0 aliphatic rings. The van der Waals surface area contributed by atoms with E-state index in [-0.39, 0.29) is 5.91 Å². The van der Waals surface area contributed by atoms with Crippen molar-refractivity contribution in [2.45, 2.75) is 20.3 Å². The number of nitrogens with zero attached hydrogens (tertiary/aromatic N) is 3. The summed E-state index contributed by atoms with van der Waals surface area (Å²) in [5.74, 6) is 0.468. The average Bonchev–Trinajstić information content (AvgIpc) is 3.41. The van der Waals surface area contributed by atoms with Crippen molar-refractivity contribution in [2.24, 2.45) is 0 Å². The fourth-order valence-electron chi connectivity index (χ4n) is 3.50. The van der Waals surface area contributed by atoms with Gasteiger partial charge in [-0.25, -0.2) is 9.97 Å². The molecule has 0 spiro atoms. The van der Waals surface area contributed by atoms with Crippen LogP contribution in [0.1, 0.15) is 28.8 Å². The number of hydrogen-bond acceptors (Lipinski definition) is 7. The van der Waals surface area contributed by atoms with Crippen LogP contribution in [-0.4, -0.2) is 27.5 Å². The van der Waals surface area contributed by atoms with Gasteiger partial charge in [-0.2, -0.15) is 0 Å². The van der Waals surface area contributed by atoms with E-state index in [4.69, 9.17) is 9.72 Å². The molecule has 0 unspecified atom stereocenters. The topological polar surface area (TPSA) is 77.0 Å². The second kappa shape index (κ2) is 8.64. The summed E-state index contributed by atoms with van der Waals surface area (Å²) in [6.07, 6.45) is 2.66. The van der Waals surface area contributed by atoms with Crippen LogP contribution in [-0.2, 0) is 0 Å². The maximum absolute atomic E-state index is 13.1. The second-order valence-electron chi connectivity index (χ2n) is 7.22. The maximum atomic E-state index is 13.1. The third-order valence-corrected chi connectivity index (χ3v) is 6.82. The number of rotatable bonds is 6. The molecule has 1 N–H and O–H groups in total. The summed E-state index contributed by atoms with van der Waals surface area (Å²) in [7, 11) is 0. The summed E-state index contributed by atoms with van der Waals surface area (Å²) in [5, 5.41) is 5.22. The van der Waals surface area contributed by atoms with E-state index in [9.17, 15) is 4.79 Å². The predicted octanol–water partition coefficient (Wildman–Crippen LogP) is 6.32. The monoisotopic (exact) mass is 460 g/mol. The Morgan fingerprint density at radius 2 is 1.91 bits per heavy atom. The van der Waals surface area contributed by atoms with Crippen molar-refractivity contribution in [1.29, 1.82) is 0 Å². The van der Waals surface area contributed by atoms with Gasteiger partial charge in [-0.1, -0.05) is 48.6 Å². The zero-order chi connectivity index (χ0) is 22.1. The van der Waals surface area contributed by atoms with Gasteiger partial charge in [-0.15, -0.1) is 11.3 Å². The highest BCUT2D eigenvalue weighted by Gasteiger charge is 2.20. The van der Waals surface area contributed by atoms with Crippen LogP contribution in [0.3, 0.4) is 0 Å². The van der Waals surface area contributed by atoms with E-state index in [2.05, 4.69) is 22.2 Å². The van der Waals surface area contributed by atoms with Gasteiger partial charge in [0, 0.05) is 17.6 Å². The van der Waals surface area contributed by atoms with Gasteiger partial charge >= 0.3 is 0 Å². The Bertz CT molecular complexity index is 1430. The first-order chi connectivity index (χ1) is 15.6. The molecule has 6 nitrogen and oxygen atoms in total. The summed E-state index contributed by atoms with van der Waals surface area (Å²) >= 11 is 2.93. The molecule has 2 aromatic carbocycles. The molecule has 0 radical (unpaired) electrons. The molecule has 5 rings (SSSR count). The SMILES string of the molecule is CCCOc1cc2sc(NC(=O)c3nc(C)sc3-c3ccccc3)nc2c2cccnc12. The van der Waals surface area contributed by atoms with Crippen LogP contribution in [0.25, 0.3) is 31.6 Å². The number of aryl methyl sites for hydroxylation is 1. The number of anilines is 1. The number of carbonyl (C=O) groups excluding carboxylic acids is 1. The molecule has 0 saturated carbocycles. The molecular weight excluding hydrogens is 440 g/mol. The lowest BCUT2D eigenvalue weighted by molar-refractivity contribution is 0.102. The molecule has 3 heterocycles. The number of amides is 1. The van der Waals surface area contributed by atoms with Crippen molar-refractivity contribution in [3.63, 3.8) is 0 Å². The number of hydrogen-bond donors (Lipinski definition) is 1. The van der Waals surface area contributed by atoms with Crippen LogP contribution in [0.5, 0.6) is 5.75 Å². The molecule has 160 valence electrons.